The fraction of sp³-hybridized carbons (Fsp3) is 0.500. The molecule has 1 aromatic rings. The van der Waals surface area contributed by atoms with Gasteiger partial charge in [-0.2, -0.15) is 0 Å². The molecule has 0 amide bonds. The summed E-state index contributed by atoms with van der Waals surface area (Å²) in [4.78, 5) is 0. The number of benzene rings is 1. The molecular weight excluding hydrogens is 245 g/mol. The van der Waals surface area contributed by atoms with Crippen LogP contribution in [-0.2, 0) is 0 Å². The van der Waals surface area contributed by atoms with Crippen LogP contribution in [-0.4, -0.2) is 13.7 Å². The van der Waals surface area contributed by atoms with Crippen LogP contribution in [0.5, 0.6) is 5.75 Å². The molecule has 2 nitrogen and oxygen atoms in total. The van der Waals surface area contributed by atoms with Crippen molar-refractivity contribution in [2.75, 3.05) is 13.7 Å². The summed E-state index contributed by atoms with van der Waals surface area (Å²) >= 11 is 12.4. The van der Waals surface area contributed by atoms with Gasteiger partial charge in [0.2, 0.25) is 0 Å². The molecule has 1 atom stereocenters. The molecule has 88 valence electrons. The number of nitrogens with one attached hydrogen (secondary N) is 1. The van der Waals surface area contributed by atoms with Gasteiger partial charge in [0.25, 0.3) is 0 Å². The van der Waals surface area contributed by atoms with E-state index in [4.69, 9.17) is 27.9 Å². The van der Waals surface area contributed by atoms with Gasteiger partial charge in [-0.15, -0.1) is 0 Å². The molecule has 0 bridgehead atoms. The Labute approximate surface area is 106 Å². The van der Waals surface area contributed by atoms with Crippen molar-refractivity contribution in [1.82, 2.24) is 5.32 Å². The minimum Gasteiger partial charge on any atom is -0.495 e. The molecule has 1 saturated heterocycles. The molecule has 1 fully saturated rings. The molecule has 1 aliphatic heterocycles. The van der Waals surface area contributed by atoms with Gasteiger partial charge in [0, 0.05) is 12.6 Å². The van der Waals surface area contributed by atoms with Crippen molar-refractivity contribution < 1.29 is 4.74 Å². The highest BCUT2D eigenvalue weighted by atomic mass is 35.5. The average Bonchev–Trinajstić information content (AvgIpc) is 2.24. The van der Waals surface area contributed by atoms with E-state index in [0.29, 0.717) is 15.8 Å². The Morgan fingerprint density at radius 3 is 2.44 bits per heavy atom. The van der Waals surface area contributed by atoms with Crippen LogP contribution in [0.3, 0.4) is 0 Å². The van der Waals surface area contributed by atoms with Gasteiger partial charge in [-0.3, -0.25) is 0 Å². The minimum absolute atomic E-state index is 0.224. The van der Waals surface area contributed by atoms with Crippen LogP contribution >= 0.6 is 23.2 Å². The van der Waals surface area contributed by atoms with E-state index in [0.717, 1.165) is 12.1 Å². The number of methoxy groups -OCH3 is 1. The summed E-state index contributed by atoms with van der Waals surface area (Å²) in [6.45, 7) is 5.42. The first-order valence-electron chi connectivity index (χ1n) is 5.22. The lowest BCUT2D eigenvalue weighted by Gasteiger charge is -2.46. The predicted molar refractivity (Wildman–Crippen MR) is 67.5 cm³/mol. The molecule has 0 aliphatic carbocycles. The van der Waals surface area contributed by atoms with Crippen LogP contribution in [0, 0.1) is 5.41 Å². The van der Waals surface area contributed by atoms with Crippen LogP contribution in [0.2, 0.25) is 10.0 Å². The predicted octanol–water partition coefficient (Wildman–Crippen LogP) is 3.67. The number of ether oxygens (including phenoxy) is 1. The lowest BCUT2D eigenvalue weighted by Crippen LogP contribution is -2.52. The SMILES string of the molecule is COc1ccc(C2NCC2(C)C)c(Cl)c1Cl. The van der Waals surface area contributed by atoms with E-state index in [9.17, 15) is 0 Å². The van der Waals surface area contributed by atoms with Crippen LogP contribution in [0.15, 0.2) is 12.1 Å². The third kappa shape index (κ3) is 1.79. The number of halogens is 2. The first-order valence-corrected chi connectivity index (χ1v) is 5.98. The maximum Gasteiger partial charge on any atom is 0.139 e. The minimum atomic E-state index is 0.224. The Hall–Kier alpha value is -0.440. The molecular formula is C12H15Cl2NO. The molecule has 0 aromatic heterocycles. The van der Waals surface area contributed by atoms with Crippen molar-refractivity contribution in [1.29, 1.82) is 0 Å². The van der Waals surface area contributed by atoms with Gasteiger partial charge in [0.05, 0.1) is 12.1 Å². The van der Waals surface area contributed by atoms with Crippen molar-refractivity contribution in [2.45, 2.75) is 19.9 Å². The summed E-state index contributed by atoms with van der Waals surface area (Å²) in [5, 5.41) is 4.45. The van der Waals surface area contributed by atoms with E-state index < -0.39 is 0 Å². The van der Waals surface area contributed by atoms with Crippen molar-refractivity contribution in [3.05, 3.63) is 27.7 Å². The van der Waals surface area contributed by atoms with Crippen molar-refractivity contribution in [3.63, 3.8) is 0 Å². The summed E-state index contributed by atoms with van der Waals surface area (Å²) in [5.41, 5.74) is 1.27. The van der Waals surface area contributed by atoms with Gasteiger partial charge in [0.1, 0.15) is 10.8 Å². The molecule has 16 heavy (non-hydrogen) atoms. The molecule has 1 aliphatic rings. The summed E-state index contributed by atoms with van der Waals surface area (Å²) < 4.78 is 5.13. The van der Waals surface area contributed by atoms with Gasteiger partial charge < -0.3 is 10.1 Å². The molecule has 0 spiro atoms. The monoisotopic (exact) mass is 259 g/mol. The van der Waals surface area contributed by atoms with Gasteiger partial charge in [0.15, 0.2) is 0 Å². The highest BCUT2D eigenvalue weighted by Crippen LogP contribution is 2.46. The topological polar surface area (TPSA) is 21.3 Å². The van der Waals surface area contributed by atoms with Crippen LogP contribution in [0.4, 0.5) is 0 Å². The lowest BCUT2D eigenvalue weighted by atomic mass is 9.74. The highest BCUT2D eigenvalue weighted by Gasteiger charge is 2.40. The Balaban J connectivity index is 2.40. The van der Waals surface area contributed by atoms with Gasteiger partial charge in [-0.25, -0.2) is 0 Å². The molecule has 1 heterocycles. The largest absolute Gasteiger partial charge is 0.495 e. The normalized spacial score (nSPS) is 22.7. The molecule has 1 aromatic carbocycles. The van der Waals surface area contributed by atoms with Crippen molar-refractivity contribution in [2.24, 2.45) is 5.41 Å². The van der Waals surface area contributed by atoms with Gasteiger partial charge >= 0.3 is 0 Å². The van der Waals surface area contributed by atoms with Crippen LogP contribution in [0.25, 0.3) is 0 Å². The standard InChI is InChI=1S/C12H15Cl2NO/c1-12(2)6-15-11(12)7-4-5-8(16-3)10(14)9(7)13/h4-5,11,15H,6H2,1-3H3. The maximum absolute atomic E-state index is 6.26. The zero-order valence-electron chi connectivity index (χ0n) is 9.60. The molecule has 2 rings (SSSR count). The highest BCUT2D eigenvalue weighted by molar-refractivity contribution is 6.43. The van der Waals surface area contributed by atoms with Crippen molar-refractivity contribution in [3.8, 4) is 5.75 Å². The fourth-order valence-electron chi connectivity index (χ4n) is 2.07. The second kappa shape index (κ2) is 4.10. The smallest absolute Gasteiger partial charge is 0.139 e. The van der Waals surface area contributed by atoms with E-state index in [2.05, 4.69) is 19.2 Å². The molecule has 0 saturated carbocycles. The van der Waals surface area contributed by atoms with Gasteiger partial charge in [-0.05, 0) is 17.0 Å². The van der Waals surface area contributed by atoms with Crippen LogP contribution < -0.4 is 10.1 Å². The first-order chi connectivity index (χ1) is 7.47. The second-order valence-electron chi connectivity index (χ2n) is 4.79. The zero-order chi connectivity index (χ0) is 11.9. The van der Waals surface area contributed by atoms with E-state index in [1.54, 1.807) is 7.11 Å². The molecule has 4 heteroatoms. The average molecular weight is 260 g/mol. The second-order valence-corrected chi connectivity index (χ2v) is 5.54. The zero-order valence-corrected chi connectivity index (χ0v) is 11.1. The van der Waals surface area contributed by atoms with E-state index in [1.165, 1.54) is 0 Å². The summed E-state index contributed by atoms with van der Waals surface area (Å²) in [7, 11) is 1.59. The Morgan fingerprint density at radius 2 is 2.00 bits per heavy atom. The van der Waals surface area contributed by atoms with E-state index >= 15 is 0 Å². The molecule has 0 radical (unpaired) electrons. The van der Waals surface area contributed by atoms with E-state index in [1.807, 2.05) is 12.1 Å². The quantitative estimate of drug-likeness (QED) is 0.875. The Morgan fingerprint density at radius 1 is 1.31 bits per heavy atom. The fourth-order valence-corrected chi connectivity index (χ4v) is 2.59. The first kappa shape index (κ1) is 12.0. The molecule has 1 unspecified atom stereocenters. The maximum atomic E-state index is 6.26. The van der Waals surface area contributed by atoms with E-state index in [-0.39, 0.29) is 11.5 Å². The third-order valence-corrected chi connectivity index (χ3v) is 4.03. The number of rotatable bonds is 2. The molecule has 1 N–H and O–H groups in total. The Kier molecular flexibility index (Phi) is 3.08. The van der Waals surface area contributed by atoms with Crippen LogP contribution in [0.1, 0.15) is 25.5 Å². The lowest BCUT2D eigenvalue weighted by molar-refractivity contribution is 0.128. The Bertz CT molecular complexity index is 418. The summed E-state index contributed by atoms with van der Waals surface area (Å²) in [6, 6.07) is 4.11. The van der Waals surface area contributed by atoms with Crippen molar-refractivity contribution >= 4 is 23.2 Å². The summed E-state index contributed by atoms with van der Waals surface area (Å²) in [5.74, 6) is 0.618. The number of hydrogen-bond donors (Lipinski definition) is 1. The summed E-state index contributed by atoms with van der Waals surface area (Å²) in [6.07, 6.45) is 0. The number of hydrogen-bond acceptors (Lipinski definition) is 2. The van der Waals surface area contributed by atoms with Gasteiger partial charge in [-0.1, -0.05) is 43.1 Å². The third-order valence-electron chi connectivity index (χ3n) is 3.15.